The monoisotopic (exact) mass is 363 g/mol. The van der Waals surface area contributed by atoms with Crippen molar-refractivity contribution < 1.29 is 4.79 Å². The van der Waals surface area contributed by atoms with Gasteiger partial charge >= 0.3 is 0 Å². The van der Waals surface area contributed by atoms with Gasteiger partial charge in [0.25, 0.3) is 5.91 Å². The molecule has 0 fully saturated rings. The van der Waals surface area contributed by atoms with Crippen LogP contribution in [0.1, 0.15) is 10.5 Å². The molecule has 4 nitrogen and oxygen atoms in total. The normalized spacial score (nSPS) is 10.7. The number of nitrogens with one attached hydrogen (secondary N) is 1. The lowest BCUT2D eigenvalue weighted by atomic mass is 10.4. The van der Waals surface area contributed by atoms with Crippen molar-refractivity contribution in [1.29, 1.82) is 0 Å². The Bertz CT molecular complexity index is 637. The minimum atomic E-state index is -0.163. The van der Waals surface area contributed by atoms with Gasteiger partial charge in [-0.15, -0.1) is 11.8 Å². The molecule has 1 amide bonds. The van der Waals surface area contributed by atoms with Gasteiger partial charge in [-0.3, -0.25) is 4.79 Å². The number of thioether (sulfide) groups is 1. The smallest absolute Gasteiger partial charge is 0.269 e. The molecule has 0 aliphatic carbocycles. The molecule has 0 aliphatic rings. The zero-order valence-electron chi connectivity index (χ0n) is 11.1. The summed E-state index contributed by atoms with van der Waals surface area (Å²) < 4.78 is 1.66. The van der Waals surface area contributed by atoms with Crippen LogP contribution in [0.25, 0.3) is 0 Å². The first-order valence-electron chi connectivity index (χ1n) is 6.01. The highest BCUT2D eigenvalue weighted by Gasteiger charge is 2.10. The van der Waals surface area contributed by atoms with E-state index in [9.17, 15) is 4.79 Å². The summed E-state index contributed by atoms with van der Waals surface area (Å²) in [5, 5.41) is 4.33. The van der Waals surface area contributed by atoms with Crippen LogP contribution in [0.4, 0.5) is 0 Å². The van der Waals surface area contributed by atoms with Crippen LogP contribution in [0.3, 0.4) is 0 Å². The average Bonchev–Trinajstić information content (AvgIpc) is 2.82. The lowest BCUT2D eigenvalue weighted by Crippen LogP contribution is -2.27. The van der Waals surface area contributed by atoms with Crippen molar-refractivity contribution in [3.8, 4) is 0 Å². The third-order valence-corrected chi connectivity index (χ3v) is 4.82. The predicted molar refractivity (Wildman–Crippen MR) is 87.7 cm³/mol. The molecule has 1 heterocycles. The number of aromatic nitrogens is 2. The number of hydrogen-bond acceptors (Lipinski definition) is 3. The Morgan fingerprint density at radius 1 is 1.33 bits per heavy atom. The van der Waals surface area contributed by atoms with Crippen LogP contribution >= 0.6 is 46.6 Å². The van der Waals surface area contributed by atoms with Gasteiger partial charge in [-0.05, 0) is 12.1 Å². The van der Waals surface area contributed by atoms with E-state index in [1.54, 1.807) is 30.1 Å². The Kier molecular flexibility index (Phi) is 5.81. The van der Waals surface area contributed by atoms with Crippen molar-refractivity contribution in [3.63, 3.8) is 0 Å². The molecule has 1 aromatic heterocycles. The minimum Gasteiger partial charge on any atom is -0.350 e. The van der Waals surface area contributed by atoms with Gasteiger partial charge in [0.2, 0.25) is 0 Å². The topological polar surface area (TPSA) is 46.9 Å². The molecule has 0 saturated heterocycles. The molecule has 112 valence electrons. The summed E-state index contributed by atoms with van der Waals surface area (Å²) in [6.07, 6.45) is 3.10. The highest BCUT2D eigenvalue weighted by atomic mass is 35.5. The van der Waals surface area contributed by atoms with Gasteiger partial charge in [-0.2, -0.15) is 0 Å². The van der Waals surface area contributed by atoms with Gasteiger partial charge in [0.1, 0.15) is 5.69 Å². The zero-order chi connectivity index (χ0) is 15.4. The maximum absolute atomic E-state index is 11.9. The standard InChI is InChI=1S/C13H12Cl3N3OS/c1-19-7-17-6-11(19)13(20)18-2-3-21-12-9(15)4-8(14)5-10(12)16/h4-7H,2-3H2,1H3,(H,18,20). The van der Waals surface area contributed by atoms with E-state index < -0.39 is 0 Å². The Morgan fingerprint density at radius 2 is 2.00 bits per heavy atom. The third-order valence-electron chi connectivity index (χ3n) is 2.65. The molecule has 0 atom stereocenters. The van der Waals surface area contributed by atoms with Crippen molar-refractivity contribution in [2.45, 2.75) is 4.90 Å². The molecular weight excluding hydrogens is 353 g/mol. The molecule has 0 saturated carbocycles. The van der Waals surface area contributed by atoms with Crippen LogP contribution in [0, 0.1) is 0 Å². The number of rotatable bonds is 5. The first kappa shape index (κ1) is 16.5. The maximum Gasteiger partial charge on any atom is 0.269 e. The van der Waals surface area contributed by atoms with Crippen molar-refractivity contribution in [2.75, 3.05) is 12.3 Å². The second-order valence-electron chi connectivity index (χ2n) is 4.19. The quantitative estimate of drug-likeness (QED) is 0.646. The van der Waals surface area contributed by atoms with Gasteiger partial charge in [0.15, 0.2) is 0 Å². The summed E-state index contributed by atoms with van der Waals surface area (Å²) in [6.45, 7) is 0.490. The number of imidazole rings is 1. The van der Waals surface area contributed by atoms with Crippen LogP contribution in [0.15, 0.2) is 29.6 Å². The number of benzene rings is 1. The molecule has 21 heavy (non-hydrogen) atoms. The van der Waals surface area contributed by atoms with E-state index in [0.717, 1.165) is 4.90 Å². The van der Waals surface area contributed by atoms with Gasteiger partial charge in [0, 0.05) is 29.3 Å². The molecule has 0 aliphatic heterocycles. The summed E-state index contributed by atoms with van der Waals surface area (Å²) in [5.41, 5.74) is 0.516. The lowest BCUT2D eigenvalue weighted by Gasteiger charge is -2.08. The van der Waals surface area contributed by atoms with Crippen LogP contribution in [0.5, 0.6) is 0 Å². The molecule has 2 rings (SSSR count). The van der Waals surface area contributed by atoms with Gasteiger partial charge in [0.05, 0.1) is 22.6 Å². The van der Waals surface area contributed by atoms with Crippen LogP contribution in [0.2, 0.25) is 15.1 Å². The van der Waals surface area contributed by atoms with E-state index in [-0.39, 0.29) is 5.91 Å². The van der Waals surface area contributed by atoms with Gasteiger partial charge in [-0.25, -0.2) is 4.98 Å². The Balaban J connectivity index is 1.86. The number of hydrogen-bond donors (Lipinski definition) is 1. The number of nitrogens with zero attached hydrogens (tertiary/aromatic N) is 2. The Morgan fingerprint density at radius 3 is 2.57 bits per heavy atom. The molecule has 8 heteroatoms. The number of carbonyl (C=O) groups is 1. The predicted octanol–water partition coefficient (Wildman–Crippen LogP) is 3.90. The highest BCUT2D eigenvalue weighted by Crippen LogP contribution is 2.36. The largest absolute Gasteiger partial charge is 0.350 e. The first-order chi connectivity index (χ1) is 9.99. The summed E-state index contributed by atoms with van der Waals surface area (Å²) >= 11 is 19.5. The summed E-state index contributed by atoms with van der Waals surface area (Å²) in [5.74, 6) is 0.480. The molecule has 1 aromatic carbocycles. The average molecular weight is 365 g/mol. The molecule has 2 aromatic rings. The highest BCUT2D eigenvalue weighted by molar-refractivity contribution is 7.99. The Hall–Kier alpha value is -0.880. The van der Waals surface area contributed by atoms with Crippen molar-refractivity contribution in [2.24, 2.45) is 7.05 Å². The third kappa shape index (κ3) is 4.30. The van der Waals surface area contributed by atoms with E-state index in [4.69, 9.17) is 34.8 Å². The summed E-state index contributed by atoms with van der Waals surface area (Å²) in [7, 11) is 1.77. The van der Waals surface area contributed by atoms with Gasteiger partial charge in [-0.1, -0.05) is 34.8 Å². The number of aryl methyl sites for hydroxylation is 1. The van der Waals surface area contributed by atoms with E-state index in [2.05, 4.69) is 10.3 Å². The fourth-order valence-electron chi connectivity index (χ4n) is 1.65. The Labute approximate surface area is 141 Å². The summed E-state index contributed by atoms with van der Waals surface area (Å²) in [6, 6.07) is 3.29. The van der Waals surface area contributed by atoms with E-state index in [1.807, 2.05) is 0 Å². The van der Waals surface area contributed by atoms with Crippen LogP contribution in [-0.2, 0) is 7.05 Å². The number of halogens is 3. The van der Waals surface area contributed by atoms with Crippen LogP contribution < -0.4 is 5.32 Å². The maximum atomic E-state index is 11.9. The number of carbonyl (C=O) groups excluding carboxylic acids is 1. The second kappa shape index (κ2) is 7.40. The molecule has 0 unspecified atom stereocenters. The van der Waals surface area contributed by atoms with Crippen molar-refractivity contribution >= 4 is 52.5 Å². The molecule has 1 N–H and O–H groups in total. The molecule has 0 radical (unpaired) electrons. The number of amides is 1. The van der Waals surface area contributed by atoms with E-state index in [1.165, 1.54) is 18.0 Å². The second-order valence-corrected chi connectivity index (χ2v) is 6.55. The fraction of sp³-hybridized carbons (Fsp3) is 0.231. The fourth-order valence-corrected chi connectivity index (χ4v) is 3.60. The molecule has 0 spiro atoms. The summed E-state index contributed by atoms with van der Waals surface area (Å²) in [4.78, 5) is 16.5. The molecular formula is C13H12Cl3N3OS. The van der Waals surface area contributed by atoms with Gasteiger partial charge < -0.3 is 9.88 Å². The first-order valence-corrected chi connectivity index (χ1v) is 8.13. The van der Waals surface area contributed by atoms with E-state index in [0.29, 0.717) is 33.1 Å². The zero-order valence-corrected chi connectivity index (χ0v) is 14.2. The van der Waals surface area contributed by atoms with Crippen LogP contribution in [-0.4, -0.2) is 27.8 Å². The minimum absolute atomic E-state index is 0.163. The van der Waals surface area contributed by atoms with Crippen molar-refractivity contribution in [1.82, 2.24) is 14.9 Å². The SMILES string of the molecule is Cn1cncc1C(=O)NCCSc1c(Cl)cc(Cl)cc1Cl. The van der Waals surface area contributed by atoms with Crippen molar-refractivity contribution in [3.05, 3.63) is 45.4 Å². The lowest BCUT2D eigenvalue weighted by molar-refractivity contribution is 0.0948. The molecule has 0 bridgehead atoms. The van der Waals surface area contributed by atoms with E-state index >= 15 is 0 Å².